The van der Waals surface area contributed by atoms with Gasteiger partial charge in [0.15, 0.2) is 0 Å². The molecule has 0 aromatic rings. The Morgan fingerprint density at radius 3 is 2.38 bits per heavy atom. The van der Waals surface area contributed by atoms with Gasteiger partial charge in [-0.15, -0.1) is 0 Å². The predicted molar refractivity (Wildman–Crippen MR) is 44.5 cm³/mol. The van der Waals surface area contributed by atoms with Crippen molar-refractivity contribution in [3.05, 3.63) is 0 Å². The molecule has 2 nitrogen and oxygen atoms in total. The average Bonchev–Trinajstić information content (AvgIpc) is 2.67. The third kappa shape index (κ3) is 2.79. The highest BCUT2D eigenvalue weighted by Gasteiger charge is 2.49. The molecule has 1 fully saturated rings. The summed E-state index contributed by atoms with van der Waals surface area (Å²) in [6, 6.07) is 0. The summed E-state index contributed by atoms with van der Waals surface area (Å²) in [5, 5.41) is 2.02. The van der Waals surface area contributed by atoms with Gasteiger partial charge in [0.1, 0.15) is 0 Å². The topological polar surface area (TPSA) is 29.1 Å². The molecule has 0 heterocycles. The highest BCUT2D eigenvalue weighted by Crippen LogP contribution is 2.38. The van der Waals surface area contributed by atoms with Gasteiger partial charge >= 0.3 is 12.1 Å². The maximum Gasteiger partial charge on any atom is 0.471 e. The monoisotopic (exact) mass is 213 g/mol. The van der Waals surface area contributed by atoms with E-state index < -0.39 is 17.6 Å². The van der Waals surface area contributed by atoms with Crippen LogP contribution in [0.5, 0.6) is 0 Å². The molecule has 0 aromatic heterocycles. The quantitative estimate of drug-likeness (QED) is 0.770. The Morgan fingerprint density at radius 2 is 2.08 bits per heavy atom. The first kappa shape index (κ1) is 10.7. The fourth-order valence-electron chi connectivity index (χ4n) is 1.04. The molecule has 13 heavy (non-hydrogen) atoms. The lowest BCUT2D eigenvalue weighted by atomic mass is 10.3. The second kappa shape index (κ2) is 3.40. The number of nitrogens with one attached hydrogen (secondary N) is 1. The van der Waals surface area contributed by atoms with E-state index in [0.717, 1.165) is 0 Å². The summed E-state index contributed by atoms with van der Waals surface area (Å²) in [5.41, 5.74) is -0.577. The molecule has 0 unspecified atom stereocenters. The fraction of sp³-hybridized carbons (Fsp3) is 0.857. The van der Waals surface area contributed by atoms with Crippen LogP contribution in [0.1, 0.15) is 12.8 Å². The molecule has 1 aliphatic rings. The number of halogens is 3. The van der Waals surface area contributed by atoms with Crippen LogP contribution in [0.3, 0.4) is 0 Å². The number of carbonyl (C=O) groups excluding carboxylic acids is 1. The first-order valence-electron chi connectivity index (χ1n) is 3.78. The maximum absolute atomic E-state index is 11.8. The molecule has 76 valence electrons. The molecule has 0 atom stereocenters. The first-order valence-corrected chi connectivity index (χ1v) is 5.17. The van der Waals surface area contributed by atoms with Crippen molar-refractivity contribution in [2.75, 3.05) is 12.0 Å². The van der Waals surface area contributed by atoms with Crippen LogP contribution in [0.25, 0.3) is 0 Å². The minimum absolute atomic E-state index is 0.550. The summed E-state index contributed by atoms with van der Waals surface area (Å²) in [6.07, 6.45) is -1.65. The number of hydrogen-bond acceptors (Lipinski definition) is 2. The fourth-order valence-corrected chi connectivity index (χ4v) is 1.96. The van der Waals surface area contributed by atoms with E-state index >= 15 is 0 Å². The van der Waals surface area contributed by atoms with E-state index in [1.807, 2.05) is 5.32 Å². The Bertz CT molecular complexity index is 212. The summed E-state index contributed by atoms with van der Waals surface area (Å²) < 4.78 is 35.5. The molecular weight excluding hydrogens is 203 g/mol. The van der Waals surface area contributed by atoms with Crippen LogP contribution in [0, 0.1) is 0 Å². The number of alkyl halides is 3. The van der Waals surface area contributed by atoms with Gasteiger partial charge in [0.2, 0.25) is 0 Å². The van der Waals surface area contributed by atoms with Crippen LogP contribution >= 0.6 is 11.8 Å². The summed E-state index contributed by atoms with van der Waals surface area (Å²) in [7, 11) is 0. The highest BCUT2D eigenvalue weighted by molar-refractivity contribution is 7.98. The zero-order valence-corrected chi connectivity index (χ0v) is 7.89. The van der Waals surface area contributed by atoms with Crippen molar-refractivity contribution in [1.82, 2.24) is 5.32 Å². The molecule has 0 aliphatic heterocycles. The van der Waals surface area contributed by atoms with Crippen molar-refractivity contribution >= 4 is 17.7 Å². The van der Waals surface area contributed by atoms with Crippen molar-refractivity contribution in [2.24, 2.45) is 0 Å². The van der Waals surface area contributed by atoms with E-state index in [4.69, 9.17) is 0 Å². The van der Waals surface area contributed by atoms with Gasteiger partial charge in [-0.05, 0) is 19.1 Å². The Labute approximate surface area is 78.3 Å². The van der Waals surface area contributed by atoms with Crippen molar-refractivity contribution in [3.63, 3.8) is 0 Å². The molecular formula is C7H10F3NOS. The summed E-state index contributed by atoms with van der Waals surface area (Å²) in [4.78, 5) is 10.5. The molecule has 0 aromatic carbocycles. The minimum atomic E-state index is -4.76. The van der Waals surface area contributed by atoms with Crippen LogP contribution in [0.2, 0.25) is 0 Å². The molecule has 0 saturated heterocycles. The Kier molecular flexibility index (Phi) is 2.79. The lowest BCUT2D eigenvalue weighted by molar-refractivity contribution is -0.174. The Morgan fingerprint density at radius 1 is 1.54 bits per heavy atom. The van der Waals surface area contributed by atoms with E-state index in [-0.39, 0.29) is 0 Å². The standard InChI is InChI=1S/C7H10F3NOS/c1-13-4-6(2-3-6)11-5(12)7(8,9)10/h2-4H2,1H3,(H,11,12). The van der Waals surface area contributed by atoms with E-state index in [9.17, 15) is 18.0 Å². The summed E-state index contributed by atoms with van der Waals surface area (Å²) in [5.74, 6) is -1.27. The minimum Gasteiger partial charge on any atom is -0.342 e. The van der Waals surface area contributed by atoms with Crippen LogP contribution in [-0.2, 0) is 4.79 Å². The van der Waals surface area contributed by atoms with Gasteiger partial charge in [-0.25, -0.2) is 0 Å². The SMILES string of the molecule is CSCC1(NC(=O)C(F)(F)F)CC1. The van der Waals surface area contributed by atoms with Crippen molar-refractivity contribution in [3.8, 4) is 0 Å². The van der Waals surface area contributed by atoms with Crippen molar-refractivity contribution < 1.29 is 18.0 Å². The second-order valence-electron chi connectivity index (χ2n) is 3.17. The summed E-state index contributed by atoms with van der Waals surface area (Å²) >= 11 is 1.44. The molecule has 6 heteroatoms. The lowest BCUT2D eigenvalue weighted by Crippen LogP contribution is -2.45. The van der Waals surface area contributed by atoms with Gasteiger partial charge in [0.05, 0.1) is 0 Å². The number of thioether (sulfide) groups is 1. The number of rotatable bonds is 3. The van der Waals surface area contributed by atoms with Gasteiger partial charge < -0.3 is 5.32 Å². The molecule has 1 saturated carbocycles. The van der Waals surface area contributed by atoms with Crippen LogP contribution in [0.4, 0.5) is 13.2 Å². The second-order valence-corrected chi connectivity index (χ2v) is 4.03. The van der Waals surface area contributed by atoms with Gasteiger partial charge in [0, 0.05) is 11.3 Å². The van der Waals surface area contributed by atoms with Crippen molar-refractivity contribution in [1.29, 1.82) is 0 Å². The highest BCUT2D eigenvalue weighted by atomic mass is 32.2. The van der Waals surface area contributed by atoms with Gasteiger partial charge in [0.25, 0.3) is 0 Å². The van der Waals surface area contributed by atoms with Crippen LogP contribution < -0.4 is 5.32 Å². The predicted octanol–water partition coefficient (Wildman–Crippen LogP) is 1.56. The average molecular weight is 213 g/mol. The number of hydrogen-bond donors (Lipinski definition) is 1. The Hall–Kier alpha value is -0.390. The molecule has 0 radical (unpaired) electrons. The van der Waals surface area contributed by atoms with Gasteiger partial charge in [-0.2, -0.15) is 24.9 Å². The maximum atomic E-state index is 11.8. The van der Waals surface area contributed by atoms with E-state index in [0.29, 0.717) is 18.6 Å². The molecule has 1 amide bonds. The summed E-state index contributed by atoms with van der Waals surface area (Å²) in [6.45, 7) is 0. The van der Waals surface area contributed by atoms with Gasteiger partial charge in [-0.3, -0.25) is 4.79 Å². The molecule has 0 bridgehead atoms. The zero-order chi connectivity index (χ0) is 10.1. The van der Waals surface area contributed by atoms with Crippen LogP contribution in [-0.4, -0.2) is 29.6 Å². The Balaban J connectivity index is 2.45. The van der Waals surface area contributed by atoms with E-state index in [1.165, 1.54) is 11.8 Å². The van der Waals surface area contributed by atoms with Gasteiger partial charge in [-0.1, -0.05) is 0 Å². The molecule has 0 spiro atoms. The number of amides is 1. The number of carbonyl (C=O) groups is 1. The zero-order valence-electron chi connectivity index (χ0n) is 7.07. The van der Waals surface area contributed by atoms with E-state index in [1.54, 1.807) is 6.26 Å². The normalized spacial score (nSPS) is 19.7. The molecule has 1 aliphatic carbocycles. The van der Waals surface area contributed by atoms with Crippen LogP contribution in [0.15, 0.2) is 0 Å². The van der Waals surface area contributed by atoms with Crippen molar-refractivity contribution in [2.45, 2.75) is 24.6 Å². The molecule has 1 rings (SSSR count). The third-order valence-corrected chi connectivity index (χ3v) is 2.75. The third-order valence-electron chi connectivity index (χ3n) is 1.91. The lowest BCUT2D eigenvalue weighted by Gasteiger charge is -2.16. The van der Waals surface area contributed by atoms with E-state index in [2.05, 4.69) is 0 Å². The smallest absolute Gasteiger partial charge is 0.342 e. The molecule has 1 N–H and O–H groups in total. The first-order chi connectivity index (χ1) is 5.90. The largest absolute Gasteiger partial charge is 0.471 e.